The molecule has 2 N–H and O–H groups in total. The lowest BCUT2D eigenvalue weighted by molar-refractivity contribution is 0.0950. The van der Waals surface area contributed by atoms with Gasteiger partial charge in [0.15, 0.2) is 0 Å². The summed E-state index contributed by atoms with van der Waals surface area (Å²) in [5.74, 6) is 5.73. The van der Waals surface area contributed by atoms with Crippen molar-refractivity contribution < 1.29 is 9.90 Å². The number of thiophene rings is 1. The zero-order valence-electron chi connectivity index (χ0n) is 12.0. The maximum atomic E-state index is 12.1. The van der Waals surface area contributed by atoms with E-state index >= 15 is 0 Å². The molecule has 0 aliphatic heterocycles. The fourth-order valence-corrected chi connectivity index (χ4v) is 2.65. The highest BCUT2D eigenvalue weighted by Gasteiger charge is 2.12. The standard InChI is InChI=1S/C15H17N3O2S/c1-11-14(10-18(2)17-11)15(20)16-9-13-7-6-12(21-13)5-3-4-8-19/h6-7,10,19H,4,8-9H2,1-2H3,(H,16,20). The Morgan fingerprint density at radius 3 is 3.00 bits per heavy atom. The van der Waals surface area contributed by atoms with Crippen molar-refractivity contribution in [2.24, 2.45) is 7.05 Å². The third-order valence-corrected chi connectivity index (χ3v) is 3.79. The molecule has 0 radical (unpaired) electrons. The van der Waals surface area contributed by atoms with Gasteiger partial charge in [0.2, 0.25) is 0 Å². The highest BCUT2D eigenvalue weighted by molar-refractivity contribution is 7.12. The van der Waals surface area contributed by atoms with E-state index in [1.54, 1.807) is 17.9 Å². The largest absolute Gasteiger partial charge is 0.395 e. The smallest absolute Gasteiger partial charge is 0.255 e. The zero-order valence-corrected chi connectivity index (χ0v) is 12.8. The highest BCUT2D eigenvalue weighted by atomic mass is 32.1. The third-order valence-electron chi connectivity index (χ3n) is 2.79. The monoisotopic (exact) mass is 303 g/mol. The van der Waals surface area contributed by atoms with Crippen LogP contribution in [0.25, 0.3) is 0 Å². The Hall–Kier alpha value is -2.10. The first-order valence-electron chi connectivity index (χ1n) is 6.57. The first kappa shape index (κ1) is 15.3. The van der Waals surface area contributed by atoms with E-state index in [9.17, 15) is 4.79 Å². The summed E-state index contributed by atoms with van der Waals surface area (Å²) in [5, 5.41) is 15.7. The second kappa shape index (κ2) is 7.07. The number of amides is 1. The molecular formula is C15H17N3O2S. The Bertz CT molecular complexity index is 691. The van der Waals surface area contributed by atoms with Crippen molar-refractivity contribution >= 4 is 17.2 Å². The molecule has 0 spiro atoms. The van der Waals surface area contributed by atoms with Crippen LogP contribution < -0.4 is 5.32 Å². The van der Waals surface area contributed by atoms with Crippen LogP contribution in [0.15, 0.2) is 18.3 Å². The minimum atomic E-state index is -0.123. The number of nitrogens with zero attached hydrogens (tertiary/aromatic N) is 2. The van der Waals surface area contributed by atoms with Crippen LogP contribution in [0.2, 0.25) is 0 Å². The molecule has 2 heterocycles. The summed E-state index contributed by atoms with van der Waals surface area (Å²) in [6.07, 6.45) is 2.19. The molecule has 2 rings (SSSR count). The molecule has 0 aliphatic rings. The predicted octanol–water partition coefficient (Wildman–Crippen LogP) is 1.45. The van der Waals surface area contributed by atoms with Crippen molar-refractivity contribution in [1.29, 1.82) is 0 Å². The molecule has 0 bridgehead atoms. The summed E-state index contributed by atoms with van der Waals surface area (Å²) in [7, 11) is 1.79. The summed E-state index contributed by atoms with van der Waals surface area (Å²) in [6, 6.07) is 3.87. The molecular weight excluding hydrogens is 286 g/mol. The van der Waals surface area contributed by atoms with Gasteiger partial charge in [-0.25, -0.2) is 0 Å². The fraction of sp³-hybridized carbons (Fsp3) is 0.333. The molecule has 6 heteroatoms. The lowest BCUT2D eigenvalue weighted by Crippen LogP contribution is -2.22. The van der Waals surface area contributed by atoms with Gasteiger partial charge in [0.05, 0.1) is 29.3 Å². The van der Waals surface area contributed by atoms with Crippen LogP contribution in [0.4, 0.5) is 0 Å². The summed E-state index contributed by atoms with van der Waals surface area (Å²) >= 11 is 1.54. The first-order valence-corrected chi connectivity index (χ1v) is 7.38. The summed E-state index contributed by atoms with van der Waals surface area (Å²) in [5.41, 5.74) is 1.31. The Balaban J connectivity index is 1.93. The fourth-order valence-electron chi connectivity index (χ4n) is 1.83. The second-order valence-electron chi connectivity index (χ2n) is 4.53. The molecule has 110 valence electrons. The maximum Gasteiger partial charge on any atom is 0.255 e. The van der Waals surface area contributed by atoms with Crippen LogP contribution >= 0.6 is 11.3 Å². The van der Waals surface area contributed by atoms with Crippen molar-refractivity contribution in [1.82, 2.24) is 15.1 Å². The van der Waals surface area contributed by atoms with E-state index in [1.807, 2.05) is 19.1 Å². The molecule has 1 amide bonds. The number of hydrogen-bond acceptors (Lipinski definition) is 4. The number of aliphatic hydroxyl groups is 1. The van der Waals surface area contributed by atoms with Crippen molar-refractivity contribution in [3.8, 4) is 11.8 Å². The van der Waals surface area contributed by atoms with E-state index < -0.39 is 0 Å². The molecule has 0 saturated carbocycles. The molecule has 0 fully saturated rings. The Morgan fingerprint density at radius 1 is 1.52 bits per heavy atom. The van der Waals surface area contributed by atoms with Crippen LogP contribution in [-0.2, 0) is 13.6 Å². The van der Waals surface area contributed by atoms with E-state index in [4.69, 9.17) is 5.11 Å². The SMILES string of the molecule is Cc1nn(C)cc1C(=O)NCc1ccc(C#CCCO)s1. The molecule has 0 atom stereocenters. The minimum absolute atomic E-state index is 0.0752. The number of nitrogens with one attached hydrogen (secondary N) is 1. The van der Waals surface area contributed by atoms with E-state index in [0.29, 0.717) is 18.5 Å². The Morgan fingerprint density at radius 2 is 2.33 bits per heavy atom. The average molecular weight is 303 g/mol. The molecule has 0 aromatic carbocycles. The number of rotatable bonds is 4. The molecule has 2 aromatic heterocycles. The van der Waals surface area contributed by atoms with Crippen LogP contribution in [0.3, 0.4) is 0 Å². The summed E-state index contributed by atoms with van der Waals surface area (Å²) in [4.78, 5) is 14.0. The lowest BCUT2D eigenvalue weighted by Gasteiger charge is -2.01. The number of aryl methyl sites for hydroxylation is 2. The highest BCUT2D eigenvalue weighted by Crippen LogP contribution is 2.15. The lowest BCUT2D eigenvalue weighted by atomic mass is 10.2. The van der Waals surface area contributed by atoms with Gasteiger partial charge in [-0.15, -0.1) is 11.3 Å². The average Bonchev–Trinajstić information content (AvgIpc) is 3.03. The van der Waals surface area contributed by atoms with Gasteiger partial charge in [-0.2, -0.15) is 5.10 Å². The van der Waals surface area contributed by atoms with Crippen LogP contribution in [0.1, 0.15) is 32.2 Å². The molecule has 0 unspecified atom stereocenters. The third kappa shape index (κ3) is 4.18. The van der Waals surface area contributed by atoms with E-state index in [2.05, 4.69) is 22.3 Å². The number of hydrogen-bond donors (Lipinski definition) is 2. The van der Waals surface area contributed by atoms with Crippen molar-refractivity contribution in [2.45, 2.75) is 19.9 Å². The van der Waals surface area contributed by atoms with Gasteiger partial charge in [-0.05, 0) is 19.1 Å². The topological polar surface area (TPSA) is 67.2 Å². The molecule has 21 heavy (non-hydrogen) atoms. The number of aromatic nitrogens is 2. The quantitative estimate of drug-likeness (QED) is 0.840. The minimum Gasteiger partial charge on any atom is -0.395 e. The van der Waals surface area contributed by atoms with E-state index in [0.717, 1.165) is 15.4 Å². The van der Waals surface area contributed by atoms with Gasteiger partial charge in [0, 0.05) is 24.5 Å². The van der Waals surface area contributed by atoms with Gasteiger partial charge < -0.3 is 10.4 Å². The number of carbonyl (C=O) groups is 1. The van der Waals surface area contributed by atoms with Gasteiger partial charge in [-0.1, -0.05) is 11.8 Å². The molecule has 0 saturated heterocycles. The molecule has 0 aliphatic carbocycles. The first-order chi connectivity index (χ1) is 10.1. The second-order valence-corrected chi connectivity index (χ2v) is 5.69. The molecule has 2 aromatic rings. The van der Waals surface area contributed by atoms with Gasteiger partial charge in [-0.3, -0.25) is 9.48 Å². The van der Waals surface area contributed by atoms with Crippen molar-refractivity contribution in [2.75, 3.05) is 6.61 Å². The zero-order chi connectivity index (χ0) is 15.2. The van der Waals surface area contributed by atoms with Gasteiger partial charge in [0.1, 0.15) is 0 Å². The Kier molecular flexibility index (Phi) is 5.14. The number of aliphatic hydroxyl groups excluding tert-OH is 1. The normalized spacial score (nSPS) is 10.0. The number of carbonyl (C=O) groups excluding carboxylic acids is 1. The van der Waals surface area contributed by atoms with E-state index in [1.165, 1.54) is 11.3 Å². The van der Waals surface area contributed by atoms with Crippen molar-refractivity contribution in [3.63, 3.8) is 0 Å². The molecule has 5 nitrogen and oxygen atoms in total. The summed E-state index contributed by atoms with van der Waals surface area (Å²) < 4.78 is 1.63. The maximum absolute atomic E-state index is 12.1. The van der Waals surface area contributed by atoms with Crippen LogP contribution in [-0.4, -0.2) is 27.4 Å². The van der Waals surface area contributed by atoms with Gasteiger partial charge in [0.25, 0.3) is 5.91 Å². The summed E-state index contributed by atoms with van der Waals surface area (Å²) in [6.45, 7) is 2.36. The van der Waals surface area contributed by atoms with Crippen LogP contribution in [0, 0.1) is 18.8 Å². The van der Waals surface area contributed by atoms with Gasteiger partial charge >= 0.3 is 0 Å². The van der Waals surface area contributed by atoms with Crippen molar-refractivity contribution in [3.05, 3.63) is 39.3 Å². The van der Waals surface area contributed by atoms with Crippen LogP contribution in [0.5, 0.6) is 0 Å². The van der Waals surface area contributed by atoms with E-state index in [-0.39, 0.29) is 12.5 Å². The Labute approximate surface area is 127 Å². The predicted molar refractivity (Wildman–Crippen MR) is 82.0 cm³/mol.